The van der Waals surface area contributed by atoms with Crippen LogP contribution >= 0.6 is 0 Å². The average Bonchev–Trinajstić information content (AvgIpc) is 1.65. The predicted molar refractivity (Wildman–Crippen MR) is 20.6 cm³/mol. The fraction of sp³-hybridized carbons (Fsp3) is 0.500. The molecule has 0 aromatic heterocycles. The fourth-order valence-electron chi connectivity index (χ4n) is 0.0772. The Labute approximate surface area is 35.5 Å². The van der Waals surface area contributed by atoms with Gasteiger partial charge in [0.15, 0.2) is 0 Å². The van der Waals surface area contributed by atoms with Crippen LogP contribution in [0.5, 0.6) is 0 Å². The maximum Gasteiger partial charge on any atom is 0.128 e. The van der Waals surface area contributed by atoms with Crippen molar-refractivity contribution in [3.05, 3.63) is 12.2 Å². The van der Waals surface area contributed by atoms with Gasteiger partial charge < -0.3 is 0 Å². The van der Waals surface area contributed by atoms with Gasteiger partial charge in [0.2, 0.25) is 0 Å². The topological polar surface area (TPSA) is 0 Å². The van der Waals surface area contributed by atoms with E-state index in [2.05, 4.69) is 0 Å². The summed E-state index contributed by atoms with van der Waals surface area (Å²) in [5, 5.41) is 0. The smallest absolute Gasteiger partial charge is 0.128 e. The minimum absolute atomic E-state index is 0.0278. The van der Waals surface area contributed by atoms with Crippen molar-refractivity contribution in [2.45, 2.75) is 13.3 Å². The molecule has 0 saturated heterocycles. The van der Waals surface area contributed by atoms with Crippen LogP contribution in [-0.4, -0.2) is 0 Å². The monoisotopic (exact) mass is 92.0 g/mol. The maximum atomic E-state index is 11.3. The van der Waals surface area contributed by atoms with Crippen molar-refractivity contribution in [1.29, 1.82) is 0 Å². The first kappa shape index (κ1) is 5.60. The summed E-state index contributed by atoms with van der Waals surface area (Å²) in [5.74, 6) is -0.699. The Balaban J connectivity index is 3.22. The zero-order valence-electron chi connectivity index (χ0n) is 3.54. The van der Waals surface area contributed by atoms with Gasteiger partial charge in [-0.1, -0.05) is 6.92 Å². The number of allylic oxidation sites excluding steroid dienone is 1. The van der Waals surface area contributed by atoms with Crippen molar-refractivity contribution in [3.8, 4) is 0 Å². The summed E-state index contributed by atoms with van der Waals surface area (Å²) in [4.78, 5) is 0. The Morgan fingerprint density at radius 2 is 2.33 bits per heavy atom. The first-order chi connectivity index (χ1) is 2.81. The zero-order valence-corrected chi connectivity index (χ0v) is 3.54. The zero-order chi connectivity index (χ0) is 4.99. The molecule has 0 aliphatic heterocycles. The number of hydrogen-bond acceptors (Lipinski definition) is 0. The first-order valence-electron chi connectivity index (χ1n) is 1.76. The van der Waals surface area contributed by atoms with E-state index in [9.17, 15) is 8.78 Å². The molecule has 0 aromatic rings. The van der Waals surface area contributed by atoms with Crippen LogP contribution in [-0.2, 0) is 0 Å². The molecule has 0 aliphatic carbocycles. The highest BCUT2D eigenvalue weighted by atomic mass is 19.2. The molecule has 0 heterocycles. The van der Waals surface area contributed by atoms with Gasteiger partial charge in [-0.25, -0.2) is 8.78 Å². The first-order valence-corrected chi connectivity index (χ1v) is 1.76. The van der Waals surface area contributed by atoms with Crippen LogP contribution in [0, 0.1) is 0 Å². The molecule has 0 bridgehead atoms. The van der Waals surface area contributed by atoms with E-state index in [1.54, 1.807) is 6.92 Å². The van der Waals surface area contributed by atoms with Crippen molar-refractivity contribution < 1.29 is 8.78 Å². The van der Waals surface area contributed by atoms with E-state index < -0.39 is 5.83 Å². The Hall–Kier alpha value is -0.400. The van der Waals surface area contributed by atoms with E-state index >= 15 is 0 Å². The van der Waals surface area contributed by atoms with Gasteiger partial charge in [-0.3, -0.25) is 0 Å². The number of hydrogen-bond donors (Lipinski definition) is 0. The second-order valence-electron chi connectivity index (χ2n) is 0.910. The van der Waals surface area contributed by atoms with Crippen LogP contribution in [0.1, 0.15) is 13.3 Å². The van der Waals surface area contributed by atoms with Gasteiger partial charge in [0.1, 0.15) is 12.2 Å². The molecule has 0 radical (unpaired) electrons. The molecule has 0 unspecified atom stereocenters. The highest BCUT2D eigenvalue weighted by Gasteiger charge is 1.82. The molecule has 0 nitrogen and oxygen atoms in total. The van der Waals surface area contributed by atoms with Crippen molar-refractivity contribution in [1.82, 2.24) is 0 Å². The van der Waals surface area contributed by atoms with E-state index in [0.29, 0.717) is 0 Å². The van der Waals surface area contributed by atoms with Gasteiger partial charge in [-0.15, -0.1) is 0 Å². The van der Waals surface area contributed by atoms with Crippen molar-refractivity contribution >= 4 is 0 Å². The summed E-state index contributed by atoms with van der Waals surface area (Å²) in [6, 6.07) is 0. The Morgan fingerprint density at radius 1 is 1.83 bits per heavy atom. The normalized spacial score (nSPS) is 12.2. The van der Waals surface area contributed by atoms with Crippen LogP contribution in [0.25, 0.3) is 0 Å². The molecule has 0 amide bonds. The van der Waals surface area contributed by atoms with Gasteiger partial charge in [0, 0.05) is 0 Å². The Bertz CT molecular complexity index is 56.6. The van der Waals surface area contributed by atoms with E-state index in [0.717, 1.165) is 0 Å². The molecule has 36 valence electrons. The molecule has 0 fully saturated rings. The summed E-state index contributed by atoms with van der Waals surface area (Å²) in [7, 11) is 0. The summed E-state index contributed by atoms with van der Waals surface area (Å²) < 4.78 is 22.2. The van der Waals surface area contributed by atoms with Crippen LogP contribution in [0.3, 0.4) is 0 Å². The van der Waals surface area contributed by atoms with Gasteiger partial charge in [-0.05, 0) is 6.42 Å². The van der Waals surface area contributed by atoms with E-state index in [-0.39, 0.29) is 12.8 Å². The van der Waals surface area contributed by atoms with Crippen LogP contribution in [0.2, 0.25) is 0 Å². The van der Waals surface area contributed by atoms with Crippen LogP contribution < -0.4 is 0 Å². The lowest BCUT2D eigenvalue weighted by atomic mass is 10.5. The second-order valence-corrected chi connectivity index (χ2v) is 0.910. The number of rotatable bonds is 1. The van der Waals surface area contributed by atoms with Crippen LogP contribution in [0.15, 0.2) is 12.2 Å². The predicted octanol–water partition coefficient (Wildman–Crippen LogP) is 2.18. The van der Waals surface area contributed by atoms with E-state index in [4.69, 9.17) is 0 Å². The lowest BCUT2D eigenvalue weighted by molar-refractivity contribution is 0.558. The average molecular weight is 92.1 g/mol. The molecular weight excluding hydrogens is 86.0 g/mol. The molecule has 0 atom stereocenters. The quantitative estimate of drug-likeness (QED) is 0.465. The third-order valence-corrected chi connectivity index (χ3v) is 0.456. The summed E-state index contributed by atoms with van der Waals surface area (Å²) in [6.45, 7) is 1.55. The maximum absolute atomic E-state index is 11.3. The van der Waals surface area contributed by atoms with Gasteiger partial charge in [0.25, 0.3) is 0 Å². The second kappa shape index (κ2) is 2.82. The lowest BCUT2D eigenvalue weighted by Gasteiger charge is -1.77. The molecule has 2 heteroatoms. The van der Waals surface area contributed by atoms with Crippen molar-refractivity contribution in [2.75, 3.05) is 0 Å². The van der Waals surface area contributed by atoms with Gasteiger partial charge >= 0.3 is 0 Å². The minimum Gasteiger partial charge on any atom is -0.213 e. The Morgan fingerprint density at radius 3 is 2.33 bits per heavy atom. The SMILES string of the molecule is CC/C(F)=C/F. The largest absolute Gasteiger partial charge is 0.213 e. The third-order valence-electron chi connectivity index (χ3n) is 0.456. The highest BCUT2D eigenvalue weighted by Crippen LogP contribution is 1.99. The van der Waals surface area contributed by atoms with Crippen LogP contribution in [0.4, 0.5) is 8.78 Å². The summed E-state index contributed by atoms with van der Waals surface area (Å²) in [6.07, 6.45) is 0.122. The lowest BCUT2D eigenvalue weighted by Crippen LogP contribution is -1.60. The molecule has 0 rings (SSSR count). The van der Waals surface area contributed by atoms with Crippen molar-refractivity contribution in [3.63, 3.8) is 0 Å². The third kappa shape index (κ3) is 1.88. The van der Waals surface area contributed by atoms with Gasteiger partial charge in [-0.2, -0.15) is 0 Å². The summed E-state index contributed by atoms with van der Waals surface area (Å²) >= 11 is 0. The molecule has 0 aliphatic rings. The Kier molecular flexibility index (Phi) is 2.63. The molecule has 0 spiro atoms. The standard InChI is InChI=1S/C4H6F2/c1-2-4(6)3-5/h3H,2H2,1H3/b4-3-. The molecule has 0 N–H and O–H groups in total. The molecular formula is C4H6F2. The fourth-order valence-corrected chi connectivity index (χ4v) is 0.0772. The van der Waals surface area contributed by atoms with Gasteiger partial charge in [0.05, 0.1) is 0 Å². The van der Waals surface area contributed by atoms with Crippen molar-refractivity contribution in [2.24, 2.45) is 0 Å². The molecule has 6 heavy (non-hydrogen) atoms. The van der Waals surface area contributed by atoms with E-state index in [1.165, 1.54) is 0 Å². The molecule has 0 saturated carbocycles. The number of halogens is 2. The highest BCUT2D eigenvalue weighted by molar-refractivity contribution is 4.81. The van der Waals surface area contributed by atoms with E-state index in [1.807, 2.05) is 0 Å². The summed E-state index contributed by atoms with van der Waals surface area (Å²) in [5.41, 5.74) is 0. The minimum atomic E-state index is -0.699. The molecule has 0 aromatic carbocycles.